The lowest BCUT2D eigenvalue weighted by Gasteiger charge is -2.31. The summed E-state index contributed by atoms with van der Waals surface area (Å²) in [6.45, 7) is 11.8. The van der Waals surface area contributed by atoms with Gasteiger partial charge in [-0.1, -0.05) is 38.1 Å². The normalized spacial score (nSPS) is 22.7. The Balaban J connectivity index is 1.39. The van der Waals surface area contributed by atoms with Crippen molar-refractivity contribution in [3.63, 3.8) is 0 Å². The highest BCUT2D eigenvalue weighted by Crippen LogP contribution is 2.47. The summed E-state index contributed by atoms with van der Waals surface area (Å²) >= 11 is 0. The lowest BCUT2D eigenvalue weighted by Crippen LogP contribution is -2.35. The number of hydrogen-bond acceptors (Lipinski definition) is 5. The Hall–Kier alpha value is -3.44. The molecular formula is C31H35NO4. The summed E-state index contributed by atoms with van der Waals surface area (Å²) in [5, 5.41) is 20.2. The minimum atomic E-state index is -0.357. The third kappa shape index (κ3) is 4.80. The van der Waals surface area contributed by atoms with Crippen LogP contribution in [0.4, 0.5) is 0 Å². The molecule has 0 aliphatic carbocycles. The van der Waals surface area contributed by atoms with Gasteiger partial charge in [-0.05, 0) is 84.8 Å². The summed E-state index contributed by atoms with van der Waals surface area (Å²) in [7, 11) is 0. The topological polar surface area (TPSA) is 62.2 Å². The van der Waals surface area contributed by atoms with Crippen molar-refractivity contribution in [3.05, 3.63) is 83.4 Å². The fraction of sp³-hybridized carbons (Fsp3) is 0.355. The number of hydrogen-bond donors (Lipinski definition) is 2. The van der Waals surface area contributed by atoms with Crippen LogP contribution in [0, 0.1) is 11.8 Å². The maximum atomic E-state index is 10.2. The van der Waals surface area contributed by atoms with E-state index >= 15 is 0 Å². The van der Waals surface area contributed by atoms with Crippen molar-refractivity contribution >= 4 is 11.1 Å². The molecule has 4 unspecified atom stereocenters. The zero-order valence-electron chi connectivity index (χ0n) is 21.4. The molecule has 5 nitrogen and oxygen atoms in total. The third-order valence-corrected chi connectivity index (χ3v) is 7.75. The monoisotopic (exact) mass is 485 g/mol. The average Bonchev–Trinajstić information content (AvgIpc) is 3.21. The minimum Gasteiger partial charge on any atom is -0.508 e. The summed E-state index contributed by atoms with van der Waals surface area (Å²) in [6, 6.07) is 20.9. The molecule has 1 saturated heterocycles. The Morgan fingerprint density at radius 3 is 2.33 bits per heavy atom. The molecule has 36 heavy (non-hydrogen) atoms. The molecule has 0 saturated carbocycles. The smallest absolute Gasteiger partial charge is 0.150 e. The van der Waals surface area contributed by atoms with Gasteiger partial charge in [0.05, 0.1) is 0 Å². The van der Waals surface area contributed by atoms with Gasteiger partial charge in [0, 0.05) is 30.3 Å². The van der Waals surface area contributed by atoms with Gasteiger partial charge in [-0.25, -0.2) is 0 Å². The molecule has 2 heterocycles. The van der Waals surface area contributed by atoms with Crippen LogP contribution in [-0.2, 0) is 0 Å². The molecule has 188 valence electrons. The fourth-order valence-corrected chi connectivity index (χ4v) is 5.31. The largest absolute Gasteiger partial charge is 0.508 e. The first-order valence-corrected chi connectivity index (χ1v) is 12.8. The number of rotatable bonds is 6. The van der Waals surface area contributed by atoms with Crippen molar-refractivity contribution in [2.75, 3.05) is 19.7 Å². The van der Waals surface area contributed by atoms with Crippen LogP contribution in [0.5, 0.6) is 23.0 Å². The highest BCUT2D eigenvalue weighted by atomic mass is 16.5. The number of aromatic hydroxyl groups is 2. The van der Waals surface area contributed by atoms with Gasteiger partial charge in [-0.15, -0.1) is 0 Å². The van der Waals surface area contributed by atoms with Crippen LogP contribution < -0.4 is 9.47 Å². The van der Waals surface area contributed by atoms with Crippen molar-refractivity contribution in [2.24, 2.45) is 11.8 Å². The molecule has 0 aromatic heterocycles. The molecule has 4 atom stereocenters. The van der Waals surface area contributed by atoms with Crippen molar-refractivity contribution in [1.82, 2.24) is 4.90 Å². The lowest BCUT2D eigenvalue weighted by molar-refractivity contribution is 0.167. The zero-order chi connectivity index (χ0) is 25.4. The number of allylic oxidation sites excluding steroid dienone is 1. The van der Waals surface area contributed by atoms with Gasteiger partial charge in [-0.3, -0.25) is 4.90 Å². The van der Waals surface area contributed by atoms with Crippen LogP contribution in [0.25, 0.3) is 11.1 Å². The number of ether oxygens (including phenoxy) is 2. The molecule has 0 spiro atoms. The number of nitrogens with zero attached hydrogens (tertiary/aromatic N) is 1. The predicted molar refractivity (Wildman–Crippen MR) is 143 cm³/mol. The van der Waals surface area contributed by atoms with Gasteiger partial charge in [-0.2, -0.15) is 0 Å². The number of phenolic OH excluding ortho intramolecular Hbond substituents is 2. The molecule has 0 radical (unpaired) electrons. The Labute approximate surface area is 213 Å². The van der Waals surface area contributed by atoms with E-state index in [0.717, 1.165) is 64.3 Å². The van der Waals surface area contributed by atoms with Gasteiger partial charge >= 0.3 is 0 Å². The second-order valence-corrected chi connectivity index (χ2v) is 10.4. The standard InChI is InChI=1S/C31H35NO4/c1-19-16-32(17-20(19)2)21(3)18-35-27-11-8-23(9-12-27)31-30(24-6-5-7-25(33)14-24)22(4)28-15-26(34)10-13-29(28)36-31/h5-15,19-21,31,33-34H,16-18H2,1-4H3. The van der Waals surface area contributed by atoms with Crippen LogP contribution in [-0.4, -0.2) is 40.9 Å². The highest BCUT2D eigenvalue weighted by molar-refractivity contribution is 5.95. The van der Waals surface area contributed by atoms with E-state index in [-0.39, 0.29) is 17.6 Å². The second kappa shape index (κ2) is 9.90. The predicted octanol–water partition coefficient (Wildman–Crippen LogP) is 6.52. The maximum absolute atomic E-state index is 10.2. The van der Waals surface area contributed by atoms with E-state index in [1.54, 1.807) is 30.3 Å². The molecule has 2 aliphatic heterocycles. The molecule has 0 amide bonds. The first-order chi connectivity index (χ1) is 17.3. The van der Waals surface area contributed by atoms with E-state index in [2.05, 4.69) is 25.7 Å². The van der Waals surface area contributed by atoms with Crippen LogP contribution in [0.15, 0.2) is 66.7 Å². The SMILES string of the molecule is CC1=C(c2cccc(O)c2)C(c2ccc(OCC(C)N3CC(C)C(C)C3)cc2)Oc2ccc(O)cc21. The van der Waals surface area contributed by atoms with E-state index in [1.165, 1.54) is 0 Å². The molecule has 3 aromatic carbocycles. The van der Waals surface area contributed by atoms with Crippen molar-refractivity contribution in [1.29, 1.82) is 0 Å². The van der Waals surface area contributed by atoms with E-state index < -0.39 is 0 Å². The summed E-state index contributed by atoms with van der Waals surface area (Å²) in [4.78, 5) is 2.52. The Kier molecular flexibility index (Phi) is 6.67. The van der Waals surface area contributed by atoms with Gasteiger partial charge in [0.15, 0.2) is 0 Å². The summed E-state index contributed by atoms with van der Waals surface area (Å²) < 4.78 is 12.6. The van der Waals surface area contributed by atoms with Crippen LogP contribution in [0.1, 0.15) is 50.5 Å². The molecule has 2 aliphatic rings. The quantitative estimate of drug-likeness (QED) is 0.416. The highest BCUT2D eigenvalue weighted by Gasteiger charge is 2.31. The molecule has 0 bridgehead atoms. The number of fused-ring (bicyclic) bond motifs is 1. The fourth-order valence-electron chi connectivity index (χ4n) is 5.31. The summed E-state index contributed by atoms with van der Waals surface area (Å²) in [6.07, 6.45) is -0.357. The molecule has 2 N–H and O–H groups in total. The van der Waals surface area contributed by atoms with Gasteiger partial charge in [0.25, 0.3) is 0 Å². The maximum Gasteiger partial charge on any atom is 0.150 e. The lowest BCUT2D eigenvalue weighted by atomic mass is 9.86. The van der Waals surface area contributed by atoms with Crippen LogP contribution in [0.3, 0.4) is 0 Å². The number of phenols is 2. The van der Waals surface area contributed by atoms with Crippen LogP contribution >= 0.6 is 0 Å². The number of likely N-dealkylation sites (tertiary alicyclic amines) is 1. The van der Waals surface area contributed by atoms with E-state index in [0.29, 0.717) is 12.6 Å². The van der Waals surface area contributed by atoms with E-state index in [1.807, 2.05) is 43.3 Å². The first-order valence-electron chi connectivity index (χ1n) is 12.8. The van der Waals surface area contributed by atoms with Gasteiger partial charge in [0.1, 0.15) is 35.7 Å². The third-order valence-electron chi connectivity index (χ3n) is 7.75. The summed E-state index contributed by atoms with van der Waals surface area (Å²) in [5.41, 5.74) is 4.70. The van der Waals surface area contributed by atoms with Crippen molar-refractivity contribution in [2.45, 2.75) is 39.8 Å². The van der Waals surface area contributed by atoms with Crippen molar-refractivity contribution < 1.29 is 19.7 Å². The molecular weight excluding hydrogens is 450 g/mol. The Morgan fingerprint density at radius 2 is 1.64 bits per heavy atom. The van der Waals surface area contributed by atoms with Gasteiger partial charge in [0.2, 0.25) is 0 Å². The zero-order valence-corrected chi connectivity index (χ0v) is 21.4. The van der Waals surface area contributed by atoms with E-state index in [4.69, 9.17) is 9.47 Å². The Morgan fingerprint density at radius 1 is 0.944 bits per heavy atom. The van der Waals surface area contributed by atoms with E-state index in [9.17, 15) is 10.2 Å². The first kappa shape index (κ1) is 24.3. The second-order valence-electron chi connectivity index (χ2n) is 10.4. The molecule has 5 rings (SSSR count). The minimum absolute atomic E-state index is 0.194. The number of benzene rings is 3. The Bertz CT molecular complexity index is 1260. The average molecular weight is 486 g/mol. The summed E-state index contributed by atoms with van der Waals surface area (Å²) in [5.74, 6) is 3.42. The van der Waals surface area contributed by atoms with Crippen molar-refractivity contribution in [3.8, 4) is 23.0 Å². The van der Waals surface area contributed by atoms with Gasteiger partial charge < -0.3 is 19.7 Å². The molecule has 5 heteroatoms. The molecule has 3 aromatic rings. The van der Waals surface area contributed by atoms with Crippen LogP contribution in [0.2, 0.25) is 0 Å². The molecule has 1 fully saturated rings.